The van der Waals surface area contributed by atoms with Crippen LogP contribution in [0.15, 0.2) is 36.4 Å². The van der Waals surface area contributed by atoms with Crippen LogP contribution in [0, 0.1) is 17.2 Å². The van der Waals surface area contributed by atoms with E-state index in [0.717, 1.165) is 17.4 Å². The van der Waals surface area contributed by atoms with E-state index in [4.69, 9.17) is 11.6 Å². The largest absolute Gasteiger partial charge is 0.206 e. The van der Waals surface area contributed by atoms with Crippen LogP contribution in [-0.2, 0) is 0 Å². The minimum atomic E-state index is -0.166. The third-order valence-electron chi connectivity index (χ3n) is 5.14. The van der Waals surface area contributed by atoms with Gasteiger partial charge in [-0.05, 0) is 41.2 Å². The standard InChI is InChI=1S/C19H22ClF/c1-19(2)12-6-5-9-16(19)18(20)15-10-11-17(21)14-8-4-3-7-13(14)15/h3-4,7-8,10-11,16,18H,5-6,9,12H2,1-2H3. The van der Waals surface area contributed by atoms with Gasteiger partial charge in [0.15, 0.2) is 0 Å². The average molecular weight is 305 g/mol. The zero-order valence-electron chi connectivity index (χ0n) is 12.7. The minimum absolute atomic E-state index is 0.0502. The van der Waals surface area contributed by atoms with Crippen LogP contribution in [0.25, 0.3) is 10.8 Å². The van der Waals surface area contributed by atoms with Crippen LogP contribution in [0.1, 0.15) is 50.5 Å². The van der Waals surface area contributed by atoms with E-state index in [1.54, 1.807) is 6.07 Å². The second kappa shape index (κ2) is 5.61. The predicted octanol–water partition coefficient (Wildman–Crippen LogP) is 6.48. The molecule has 0 aliphatic heterocycles. The van der Waals surface area contributed by atoms with Gasteiger partial charge in [-0.3, -0.25) is 0 Å². The fourth-order valence-corrected chi connectivity index (χ4v) is 4.46. The second-order valence-electron chi connectivity index (χ2n) is 6.92. The maximum absolute atomic E-state index is 14.0. The highest BCUT2D eigenvalue weighted by atomic mass is 35.5. The molecule has 2 heteroatoms. The van der Waals surface area contributed by atoms with Crippen LogP contribution in [0.5, 0.6) is 0 Å². The Morgan fingerprint density at radius 1 is 1.10 bits per heavy atom. The molecule has 0 amide bonds. The summed E-state index contributed by atoms with van der Waals surface area (Å²) in [4.78, 5) is 0. The quantitative estimate of drug-likeness (QED) is 0.557. The summed E-state index contributed by atoms with van der Waals surface area (Å²) in [6, 6.07) is 11.1. The van der Waals surface area contributed by atoms with Crippen molar-refractivity contribution in [3.05, 3.63) is 47.8 Å². The van der Waals surface area contributed by atoms with E-state index < -0.39 is 0 Å². The molecule has 0 N–H and O–H groups in total. The lowest BCUT2D eigenvalue weighted by Gasteiger charge is -2.41. The topological polar surface area (TPSA) is 0 Å². The molecule has 112 valence electrons. The summed E-state index contributed by atoms with van der Waals surface area (Å²) in [7, 11) is 0. The molecule has 2 aromatic carbocycles. The highest BCUT2D eigenvalue weighted by molar-refractivity contribution is 6.22. The van der Waals surface area contributed by atoms with Crippen LogP contribution in [0.4, 0.5) is 4.39 Å². The van der Waals surface area contributed by atoms with E-state index in [1.807, 2.05) is 30.3 Å². The highest BCUT2D eigenvalue weighted by Crippen LogP contribution is 2.50. The molecule has 2 aromatic rings. The van der Waals surface area contributed by atoms with Gasteiger partial charge >= 0.3 is 0 Å². The van der Waals surface area contributed by atoms with Gasteiger partial charge in [-0.25, -0.2) is 4.39 Å². The van der Waals surface area contributed by atoms with Crippen molar-refractivity contribution < 1.29 is 4.39 Å². The molecule has 0 aromatic heterocycles. The molecule has 1 aliphatic rings. The van der Waals surface area contributed by atoms with E-state index in [0.29, 0.717) is 11.3 Å². The number of benzene rings is 2. The fourth-order valence-electron chi connectivity index (χ4n) is 3.81. The Morgan fingerprint density at radius 3 is 2.52 bits per heavy atom. The fraction of sp³-hybridized carbons (Fsp3) is 0.474. The Kier molecular flexibility index (Phi) is 3.96. The van der Waals surface area contributed by atoms with Gasteiger partial charge in [-0.2, -0.15) is 0 Å². The summed E-state index contributed by atoms with van der Waals surface area (Å²) < 4.78 is 14.0. The van der Waals surface area contributed by atoms with Gasteiger partial charge < -0.3 is 0 Å². The van der Waals surface area contributed by atoms with Crippen LogP contribution in [0.2, 0.25) is 0 Å². The molecule has 0 nitrogen and oxygen atoms in total. The maximum atomic E-state index is 14.0. The summed E-state index contributed by atoms with van der Waals surface area (Å²) in [6.45, 7) is 4.63. The second-order valence-corrected chi connectivity index (χ2v) is 7.40. The van der Waals surface area contributed by atoms with Gasteiger partial charge in [-0.1, -0.05) is 57.0 Å². The van der Waals surface area contributed by atoms with Gasteiger partial charge in [0.25, 0.3) is 0 Å². The molecular weight excluding hydrogens is 283 g/mol. The van der Waals surface area contributed by atoms with Crippen LogP contribution in [-0.4, -0.2) is 0 Å². The van der Waals surface area contributed by atoms with E-state index in [2.05, 4.69) is 13.8 Å². The van der Waals surface area contributed by atoms with Gasteiger partial charge in [-0.15, -0.1) is 11.6 Å². The lowest BCUT2D eigenvalue weighted by Crippen LogP contribution is -2.31. The highest BCUT2D eigenvalue weighted by Gasteiger charge is 2.37. The third kappa shape index (κ3) is 2.68. The first kappa shape index (κ1) is 14.8. The summed E-state index contributed by atoms with van der Waals surface area (Å²) in [6.07, 6.45) is 4.92. The van der Waals surface area contributed by atoms with Crippen molar-refractivity contribution in [2.45, 2.75) is 44.9 Å². The lowest BCUT2D eigenvalue weighted by molar-refractivity contribution is 0.133. The molecule has 0 spiro atoms. The molecule has 1 saturated carbocycles. The smallest absolute Gasteiger partial charge is 0.131 e. The molecule has 1 fully saturated rings. The first-order valence-electron chi connectivity index (χ1n) is 7.82. The SMILES string of the molecule is CC1(C)CCCCC1C(Cl)c1ccc(F)c2ccccc12. The lowest BCUT2D eigenvalue weighted by atomic mass is 9.66. The van der Waals surface area contributed by atoms with Crippen molar-refractivity contribution in [2.24, 2.45) is 11.3 Å². The van der Waals surface area contributed by atoms with Crippen molar-refractivity contribution >= 4 is 22.4 Å². The normalized spacial score (nSPS) is 23.1. The summed E-state index contributed by atoms with van der Waals surface area (Å²) in [5.74, 6) is 0.280. The van der Waals surface area contributed by atoms with Gasteiger partial charge in [0.05, 0.1) is 5.38 Å². The maximum Gasteiger partial charge on any atom is 0.131 e. The zero-order chi connectivity index (χ0) is 15.0. The van der Waals surface area contributed by atoms with Crippen molar-refractivity contribution in [3.8, 4) is 0 Å². The van der Waals surface area contributed by atoms with E-state index in [-0.39, 0.29) is 16.6 Å². The van der Waals surface area contributed by atoms with Crippen molar-refractivity contribution in [1.29, 1.82) is 0 Å². The van der Waals surface area contributed by atoms with Crippen LogP contribution >= 0.6 is 11.6 Å². The minimum Gasteiger partial charge on any atom is -0.206 e. The number of halogens is 2. The Balaban J connectivity index is 2.06. The number of alkyl halides is 1. The van der Waals surface area contributed by atoms with Crippen LogP contribution < -0.4 is 0 Å². The molecule has 0 radical (unpaired) electrons. The first-order chi connectivity index (χ1) is 10.0. The summed E-state index contributed by atoms with van der Waals surface area (Å²) >= 11 is 6.88. The van der Waals surface area contributed by atoms with Gasteiger partial charge in [0, 0.05) is 5.39 Å². The zero-order valence-corrected chi connectivity index (χ0v) is 13.5. The Bertz CT molecular complexity index is 647. The van der Waals surface area contributed by atoms with E-state index in [1.165, 1.54) is 19.3 Å². The third-order valence-corrected chi connectivity index (χ3v) is 5.68. The monoisotopic (exact) mass is 304 g/mol. The Hall–Kier alpha value is -1.08. The van der Waals surface area contributed by atoms with E-state index >= 15 is 0 Å². The molecule has 2 atom stereocenters. The number of hydrogen-bond donors (Lipinski definition) is 0. The Morgan fingerprint density at radius 2 is 1.81 bits per heavy atom. The number of rotatable bonds is 2. The van der Waals surface area contributed by atoms with Crippen LogP contribution in [0.3, 0.4) is 0 Å². The molecule has 1 aliphatic carbocycles. The summed E-state index contributed by atoms with van der Waals surface area (Å²) in [5, 5.41) is 1.58. The predicted molar refractivity (Wildman–Crippen MR) is 88.2 cm³/mol. The Labute approximate surface area is 131 Å². The van der Waals surface area contributed by atoms with Crippen molar-refractivity contribution in [3.63, 3.8) is 0 Å². The van der Waals surface area contributed by atoms with Gasteiger partial charge in [0.2, 0.25) is 0 Å². The molecule has 2 unspecified atom stereocenters. The number of hydrogen-bond acceptors (Lipinski definition) is 0. The molecule has 0 bridgehead atoms. The molecule has 21 heavy (non-hydrogen) atoms. The van der Waals surface area contributed by atoms with E-state index in [9.17, 15) is 4.39 Å². The molecular formula is C19H22ClF. The van der Waals surface area contributed by atoms with Crippen molar-refractivity contribution in [1.82, 2.24) is 0 Å². The average Bonchev–Trinajstić information content (AvgIpc) is 2.47. The molecule has 3 rings (SSSR count). The number of fused-ring (bicyclic) bond motifs is 1. The molecule has 0 saturated heterocycles. The first-order valence-corrected chi connectivity index (χ1v) is 8.25. The van der Waals surface area contributed by atoms with Crippen molar-refractivity contribution in [2.75, 3.05) is 0 Å². The van der Waals surface area contributed by atoms with Gasteiger partial charge in [0.1, 0.15) is 5.82 Å². The summed E-state index contributed by atoms with van der Waals surface area (Å²) in [5.41, 5.74) is 1.33. The molecule has 0 heterocycles.